The molecule has 1 saturated carbocycles. The summed E-state index contributed by atoms with van der Waals surface area (Å²) in [7, 11) is 0. The molecule has 3 nitrogen and oxygen atoms in total. The lowest BCUT2D eigenvalue weighted by atomic mass is 9.93. The van der Waals surface area contributed by atoms with Gasteiger partial charge in [-0.1, -0.05) is 19.8 Å². The van der Waals surface area contributed by atoms with Crippen molar-refractivity contribution in [2.24, 2.45) is 11.3 Å². The van der Waals surface area contributed by atoms with Gasteiger partial charge in [-0.2, -0.15) is 0 Å². The molecule has 0 spiro atoms. The first-order chi connectivity index (χ1) is 7.42. The largest absolute Gasteiger partial charge is 0.481 e. The Morgan fingerprint density at radius 2 is 2.00 bits per heavy atom. The molecular formula is C13H25NO2. The molecule has 1 fully saturated rings. The number of hydrogen-bond donors (Lipinski definition) is 2. The van der Waals surface area contributed by atoms with Crippen LogP contribution in [-0.2, 0) is 4.79 Å². The number of hydrogen-bond acceptors (Lipinski definition) is 2. The average molecular weight is 227 g/mol. The molecule has 0 saturated heterocycles. The standard InChI is InChI=1S/C13H25NO2/c1-10-5-4-6-11(8-7-10)14-9-13(2,3)12(15)16/h10-11,14H,4-9H2,1-3H3,(H,15,16). The minimum atomic E-state index is -0.720. The molecule has 3 heteroatoms. The molecule has 0 aromatic carbocycles. The Labute approximate surface area is 98.6 Å². The first-order valence-corrected chi connectivity index (χ1v) is 6.38. The van der Waals surface area contributed by atoms with E-state index in [1.807, 2.05) is 0 Å². The summed E-state index contributed by atoms with van der Waals surface area (Å²) in [5.74, 6) is 0.112. The third-order valence-electron chi connectivity index (χ3n) is 3.67. The van der Waals surface area contributed by atoms with Gasteiger partial charge in [-0.05, 0) is 39.0 Å². The smallest absolute Gasteiger partial charge is 0.310 e. The Kier molecular flexibility index (Phi) is 4.78. The molecule has 1 aliphatic carbocycles. The maximum Gasteiger partial charge on any atom is 0.310 e. The zero-order chi connectivity index (χ0) is 12.2. The molecule has 94 valence electrons. The molecule has 0 aromatic rings. The van der Waals surface area contributed by atoms with Crippen molar-refractivity contribution in [2.75, 3.05) is 6.54 Å². The van der Waals surface area contributed by atoms with E-state index in [1.54, 1.807) is 13.8 Å². The number of nitrogens with one attached hydrogen (secondary N) is 1. The second-order valence-electron chi connectivity index (χ2n) is 5.88. The van der Waals surface area contributed by atoms with Crippen LogP contribution < -0.4 is 5.32 Å². The van der Waals surface area contributed by atoms with E-state index in [0.717, 1.165) is 5.92 Å². The second kappa shape index (κ2) is 5.67. The number of carboxylic acid groups (broad SMARTS) is 1. The van der Waals surface area contributed by atoms with E-state index in [-0.39, 0.29) is 0 Å². The van der Waals surface area contributed by atoms with E-state index in [4.69, 9.17) is 5.11 Å². The van der Waals surface area contributed by atoms with Crippen molar-refractivity contribution in [2.45, 2.75) is 58.9 Å². The molecule has 16 heavy (non-hydrogen) atoms. The maximum atomic E-state index is 11.0. The Morgan fingerprint density at radius 3 is 2.62 bits per heavy atom. The molecule has 0 heterocycles. The first kappa shape index (κ1) is 13.5. The Hall–Kier alpha value is -0.570. The summed E-state index contributed by atoms with van der Waals surface area (Å²) in [4.78, 5) is 11.0. The Bertz CT molecular complexity index is 238. The van der Waals surface area contributed by atoms with Gasteiger partial charge in [0.1, 0.15) is 0 Å². The first-order valence-electron chi connectivity index (χ1n) is 6.38. The number of rotatable bonds is 4. The molecule has 0 radical (unpaired) electrons. The maximum absolute atomic E-state index is 11.0. The van der Waals surface area contributed by atoms with Crippen molar-refractivity contribution in [3.8, 4) is 0 Å². The summed E-state index contributed by atoms with van der Waals surface area (Å²) in [5, 5.41) is 12.5. The third kappa shape index (κ3) is 4.12. The van der Waals surface area contributed by atoms with Crippen LogP contribution in [0.2, 0.25) is 0 Å². The van der Waals surface area contributed by atoms with E-state index >= 15 is 0 Å². The van der Waals surface area contributed by atoms with Crippen LogP contribution in [0, 0.1) is 11.3 Å². The van der Waals surface area contributed by atoms with Crippen LogP contribution in [0.3, 0.4) is 0 Å². The molecule has 0 amide bonds. The fraction of sp³-hybridized carbons (Fsp3) is 0.923. The SMILES string of the molecule is CC1CCCC(NCC(C)(C)C(=O)O)CC1. The molecule has 0 aromatic heterocycles. The van der Waals surface area contributed by atoms with Crippen molar-refractivity contribution in [1.29, 1.82) is 0 Å². The van der Waals surface area contributed by atoms with Crippen LogP contribution in [0.1, 0.15) is 52.9 Å². The van der Waals surface area contributed by atoms with Crippen LogP contribution >= 0.6 is 0 Å². The lowest BCUT2D eigenvalue weighted by Crippen LogP contribution is -2.40. The Morgan fingerprint density at radius 1 is 1.31 bits per heavy atom. The fourth-order valence-electron chi connectivity index (χ4n) is 2.17. The molecule has 1 rings (SSSR count). The summed E-state index contributed by atoms with van der Waals surface area (Å²) < 4.78 is 0. The van der Waals surface area contributed by atoms with Gasteiger partial charge in [0.25, 0.3) is 0 Å². The van der Waals surface area contributed by atoms with E-state index in [1.165, 1.54) is 32.1 Å². The minimum absolute atomic E-state index is 0.517. The van der Waals surface area contributed by atoms with Crippen LogP contribution in [0.25, 0.3) is 0 Å². The quantitative estimate of drug-likeness (QED) is 0.726. The van der Waals surface area contributed by atoms with Gasteiger partial charge in [0, 0.05) is 12.6 Å². The van der Waals surface area contributed by atoms with Crippen molar-refractivity contribution in [3.05, 3.63) is 0 Å². The molecular weight excluding hydrogens is 202 g/mol. The highest BCUT2D eigenvalue weighted by Crippen LogP contribution is 2.23. The molecule has 0 bridgehead atoms. The summed E-state index contributed by atoms with van der Waals surface area (Å²) in [6.45, 7) is 6.44. The van der Waals surface area contributed by atoms with Crippen LogP contribution in [-0.4, -0.2) is 23.7 Å². The highest BCUT2D eigenvalue weighted by atomic mass is 16.4. The monoisotopic (exact) mass is 227 g/mol. The molecule has 0 aliphatic heterocycles. The predicted molar refractivity (Wildman–Crippen MR) is 65.5 cm³/mol. The average Bonchev–Trinajstić information content (AvgIpc) is 2.40. The third-order valence-corrected chi connectivity index (χ3v) is 3.67. The molecule has 1 aliphatic rings. The second-order valence-corrected chi connectivity index (χ2v) is 5.88. The van der Waals surface area contributed by atoms with E-state index < -0.39 is 11.4 Å². The van der Waals surface area contributed by atoms with Gasteiger partial charge >= 0.3 is 5.97 Å². The van der Waals surface area contributed by atoms with Gasteiger partial charge in [0.15, 0.2) is 0 Å². The molecule has 2 unspecified atom stereocenters. The minimum Gasteiger partial charge on any atom is -0.481 e. The van der Waals surface area contributed by atoms with Crippen LogP contribution in [0.4, 0.5) is 0 Å². The normalized spacial score (nSPS) is 27.4. The van der Waals surface area contributed by atoms with Gasteiger partial charge in [0.05, 0.1) is 5.41 Å². The summed E-state index contributed by atoms with van der Waals surface area (Å²) in [6, 6.07) is 0.517. The Balaban J connectivity index is 2.34. The van der Waals surface area contributed by atoms with Crippen molar-refractivity contribution < 1.29 is 9.90 Å². The molecule has 2 atom stereocenters. The highest BCUT2D eigenvalue weighted by molar-refractivity contribution is 5.73. The van der Waals surface area contributed by atoms with Gasteiger partial charge < -0.3 is 10.4 Å². The summed E-state index contributed by atoms with van der Waals surface area (Å²) >= 11 is 0. The lowest BCUT2D eigenvalue weighted by molar-refractivity contribution is -0.146. The highest BCUT2D eigenvalue weighted by Gasteiger charge is 2.28. The fourth-order valence-corrected chi connectivity index (χ4v) is 2.17. The summed E-state index contributed by atoms with van der Waals surface area (Å²) in [5.41, 5.74) is -0.655. The topological polar surface area (TPSA) is 49.3 Å². The van der Waals surface area contributed by atoms with Crippen molar-refractivity contribution in [3.63, 3.8) is 0 Å². The van der Waals surface area contributed by atoms with Gasteiger partial charge in [-0.15, -0.1) is 0 Å². The summed E-state index contributed by atoms with van der Waals surface area (Å²) in [6.07, 6.45) is 6.24. The van der Waals surface area contributed by atoms with E-state index in [2.05, 4.69) is 12.2 Å². The molecule has 2 N–H and O–H groups in total. The number of carbonyl (C=O) groups is 1. The van der Waals surface area contributed by atoms with Crippen molar-refractivity contribution in [1.82, 2.24) is 5.32 Å². The zero-order valence-electron chi connectivity index (χ0n) is 10.8. The number of carboxylic acids is 1. The van der Waals surface area contributed by atoms with Crippen molar-refractivity contribution >= 4 is 5.97 Å². The van der Waals surface area contributed by atoms with E-state index in [9.17, 15) is 4.79 Å². The predicted octanol–water partition coefficient (Wildman–Crippen LogP) is 2.66. The van der Waals surface area contributed by atoms with Gasteiger partial charge in [-0.25, -0.2) is 0 Å². The van der Waals surface area contributed by atoms with Gasteiger partial charge in [0.2, 0.25) is 0 Å². The van der Waals surface area contributed by atoms with Crippen LogP contribution in [0.5, 0.6) is 0 Å². The lowest BCUT2D eigenvalue weighted by Gasteiger charge is -2.24. The van der Waals surface area contributed by atoms with Crippen LogP contribution in [0.15, 0.2) is 0 Å². The number of aliphatic carboxylic acids is 1. The van der Waals surface area contributed by atoms with E-state index in [0.29, 0.717) is 12.6 Å². The zero-order valence-corrected chi connectivity index (χ0v) is 10.8. The van der Waals surface area contributed by atoms with Gasteiger partial charge in [-0.3, -0.25) is 4.79 Å².